The predicted octanol–water partition coefficient (Wildman–Crippen LogP) is 4.64. The molecule has 1 aliphatic carbocycles. The third kappa shape index (κ3) is 3.00. The maximum atomic E-state index is 13.5. The van der Waals surface area contributed by atoms with E-state index in [2.05, 4.69) is 29.6 Å². The third-order valence-corrected chi connectivity index (χ3v) is 8.52. The zero-order valence-electron chi connectivity index (χ0n) is 18.4. The van der Waals surface area contributed by atoms with Crippen molar-refractivity contribution < 1.29 is 4.74 Å². The Kier molecular flexibility index (Phi) is 4.81. The van der Waals surface area contributed by atoms with E-state index in [9.17, 15) is 4.79 Å². The number of aryl methyl sites for hydroxylation is 1. The molecule has 1 aliphatic heterocycles. The molecule has 1 fully saturated rings. The van der Waals surface area contributed by atoms with Gasteiger partial charge in [0.05, 0.1) is 12.5 Å². The second kappa shape index (κ2) is 7.71. The molecule has 2 aromatic heterocycles. The average molecular weight is 446 g/mol. The van der Waals surface area contributed by atoms with Gasteiger partial charge in [-0.3, -0.25) is 9.36 Å². The molecular weight excluding hydrogens is 418 g/mol. The molecule has 2 aromatic carbocycles. The summed E-state index contributed by atoms with van der Waals surface area (Å²) < 4.78 is 8.66. The van der Waals surface area contributed by atoms with Crippen LogP contribution in [0.2, 0.25) is 0 Å². The Hall–Kier alpha value is -2.70. The lowest BCUT2D eigenvalue weighted by Gasteiger charge is -2.32. The Labute approximate surface area is 191 Å². The van der Waals surface area contributed by atoms with Crippen molar-refractivity contribution in [2.45, 2.75) is 44.7 Å². The first-order chi connectivity index (χ1) is 15.7. The quantitative estimate of drug-likeness (QED) is 0.497. The van der Waals surface area contributed by atoms with Gasteiger partial charge in [0, 0.05) is 28.6 Å². The molecule has 5 nitrogen and oxygen atoms in total. The third-order valence-electron chi connectivity index (χ3n) is 7.45. The van der Waals surface area contributed by atoms with Gasteiger partial charge in [-0.1, -0.05) is 30.3 Å². The van der Waals surface area contributed by atoms with Gasteiger partial charge in [0.25, 0.3) is 5.56 Å². The molecule has 0 radical (unpaired) electrons. The maximum Gasteiger partial charge on any atom is 0.262 e. The van der Waals surface area contributed by atoms with Gasteiger partial charge in [-0.05, 0) is 61.9 Å². The molecular formula is C26H27N3O2S. The van der Waals surface area contributed by atoms with E-state index in [-0.39, 0.29) is 5.56 Å². The van der Waals surface area contributed by atoms with E-state index in [0.29, 0.717) is 24.4 Å². The normalized spacial score (nSPS) is 22.2. The van der Waals surface area contributed by atoms with E-state index in [0.717, 1.165) is 51.3 Å². The number of ether oxygens (including phenoxy) is 1. The molecule has 1 N–H and O–H groups in total. The highest BCUT2D eigenvalue weighted by molar-refractivity contribution is 7.25. The van der Waals surface area contributed by atoms with E-state index in [1.165, 1.54) is 17.5 Å². The molecule has 0 amide bonds. The van der Waals surface area contributed by atoms with E-state index >= 15 is 0 Å². The Bertz CT molecular complexity index is 1390. The molecule has 32 heavy (non-hydrogen) atoms. The van der Waals surface area contributed by atoms with Crippen molar-refractivity contribution in [3.8, 4) is 5.75 Å². The fourth-order valence-corrected chi connectivity index (χ4v) is 7.05. The molecule has 6 heteroatoms. The summed E-state index contributed by atoms with van der Waals surface area (Å²) in [6.07, 6.45) is 3.18. The summed E-state index contributed by atoms with van der Waals surface area (Å²) in [5, 5.41) is 5.56. The molecule has 1 unspecified atom stereocenters. The zero-order valence-corrected chi connectivity index (χ0v) is 19.2. The van der Waals surface area contributed by atoms with Crippen molar-refractivity contribution in [3.63, 3.8) is 0 Å². The number of fused-ring (bicyclic) bond motifs is 6. The smallest absolute Gasteiger partial charge is 0.262 e. The molecule has 0 spiro atoms. The highest BCUT2D eigenvalue weighted by atomic mass is 32.1. The average Bonchev–Trinajstić information content (AvgIpc) is 3.39. The Morgan fingerprint density at radius 1 is 1.22 bits per heavy atom. The van der Waals surface area contributed by atoms with Crippen LogP contribution in [0.3, 0.4) is 0 Å². The fourth-order valence-electron chi connectivity index (χ4n) is 5.94. The Morgan fingerprint density at radius 3 is 2.97 bits per heavy atom. The molecule has 4 aromatic rings. The second-order valence-electron chi connectivity index (χ2n) is 9.05. The van der Waals surface area contributed by atoms with Crippen LogP contribution in [0.15, 0.2) is 47.3 Å². The number of hydrogen-bond acceptors (Lipinski definition) is 5. The summed E-state index contributed by atoms with van der Waals surface area (Å²) in [5.74, 6) is 2.94. The van der Waals surface area contributed by atoms with Crippen molar-refractivity contribution in [1.29, 1.82) is 0 Å². The van der Waals surface area contributed by atoms with Gasteiger partial charge >= 0.3 is 0 Å². The molecule has 0 saturated carbocycles. The van der Waals surface area contributed by atoms with Crippen molar-refractivity contribution >= 4 is 31.6 Å². The predicted molar refractivity (Wildman–Crippen MR) is 130 cm³/mol. The number of aromatic nitrogens is 2. The first-order valence-corrected chi connectivity index (χ1v) is 12.2. The van der Waals surface area contributed by atoms with Gasteiger partial charge in [0.15, 0.2) is 0 Å². The second-order valence-corrected chi connectivity index (χ2v) is 10.1. The van der Waals surface area contributed by atoms with Crippen LogP contribution in [0.4, 0.5) is 0 Å². The van der Waals surface area contributed by atoms with Gasteiger partial charge in [-0.2, -0.15) is 0 Å². The summed E-state index contributed by atoms with van der Waals surface area (Å²) in [6, 6.07) is 14.9. The van der Waals surface area contributed by atoms with Crippen molar-refractivity contribution in [2.75, 3.05) is 13.7 Å². The van der Waals surface area contributed by atoms with E-state index < -0.39 is 0 Å². The monoisotopic (exact) mass is 445 g/mol. The van der Waals surface area contributed by atoms with Crippen LogP contribution < -0.4 is 15.6 Å². The summed E-state index contributed by atoms with van der Waals surface area (Å²) in [7, 11) is 1.76. The molecule has 164 valence electrons. The van der Waals surface area contributed by atoms with Gasteiger partial charge in [0.1, 0.15) is 16.4 Å². The molecule has 1 saturated heterocycles. The summed E-state index contributed by atoms with van der Waals surface area (Å²) >= 11 is 1.60. The minimum Gasteiger partial charge on any atom is -0.496 e. The maximum absolute atomic E-state index is 13.5. The van der Waals surface area contributed by atoms with E-state index in [1.807, 2.05) is 29.7 Å². The van der Waals surface area contributed by atoms with Crippen molar-refractivity contribution in [2.24, 2.45) is 5.92 Å². The molecule has 6 rings (SSSR count). The van der Waals surface area contributed by atoms with Crippen LogP contribution >= 0.6 is 11.3 Å². The standard InChI is InChI=1S/C26H27N3O2S/c1-15-28-25-24(19-6-3-4-9-22(19)32-25)26(30)29(15)13-12-20-23-16(14-27-20)10-11-17-18(23)7-5-8-21(17)31-2/h3-9,16,20,23,27H,10-14H2,1-2H3/t16-,20?,23+/m0/s1. The lowest BCUT2D eigenvalue weighted by atomic mass is 9.73. The SMILES string of the molecule is COc1cccc2c1CC[C@H]1CNC(CCn3c(C)nc4sc5ccccc5c4c3=O)[C@@H]21. The Morgan fingerprint density at radius 2 is 2.09 bits per heavy atom. The topological polar surface area (TPSA) is 56.1 Å². The van der Waals surface area contributed by atoms with Gasteiger partial charge in [-0.25, -0.2) is 4.98 Å². The lowest BCUT2D eigenvalue weighted by molar-refractivity contribution is 0.371. The van der Waals surface area contributed by atoms with Crippen LogP contribution in [0.5, 0.6) is 5.75 Å². The van der Waals surface area contributed by atoms with Gasteiger partial charge < -0.3 is 10.1 Å². The number of nitrogens with one attached hydrogen (secondary N) is 1. The minimum absolute atomic E-state index is 0.0882. The van der Waals surface area contributed by atoms with Gasteiger partial charge in [-0.15, -0.1) is 11.3 Å². The van der Waals surface area contributed by atoms with Crippen LogP contribution in [0.25, 0.3) is 20.3 Å². The highest BCUT2D eigenvalue weighted by Gasteiger charge is 2.40. The highest BCUT2D eigenvalue weighted by Crippen LogP contribution is 2.45. The van der Waals surface area contributed by atoms with E-state index in [1.54, 1.807) is 18.4 Å². The van der Waals surface area contributed by atoms with E-state index in [4.69, 9.17) is 9.72 Å². The number of nitrogens with zero attached hydrogens (tertiary/aromatic N) is 2. The van der Waals surface area contributed by atoms with Crippen molar-refractivity contribution in [3.05, 3.63) is 69.8 Å². The van der Waals surface area contributed by atoms with Crippen molar-refractivity contribution in [1.82, 2.24) is 14.9 Å². The zero-order chi connectivity index (χ0) is 21.8. The van der Waals surface area contributed by atoms with Crippen LogP contribution in [-0.2, 0) is 13.0 Å². The number of methoxy groups -OCH3 is 1. The van der Waals surface area contributed by atoms with Gasteiger partial charge in [0.2, 0.25) is 0 Å². The lowest BCUT2D eigenvalue weighted by Crippen LogP contribution is -2.32. The van der Waals surface area contributed by atoms with Crippen LogP contribution in [-0.4, -0.2) is 29.2 Å². The first kappa shape index (κ1) is 19.9. The molecule has 0 bridgehead atoms. The summed E-state index contributed by atoms with van der Waals surface area (Å²) in [4.78, 5) is 19.1. The largest absolute Gasteiger partial charge is 0.496 e. The molecule has 3 heterocycles. The minimum atomic E-state index is 0.0882. The first-order valence-electron chi connectivity index (χ1n) is 11.4. The van der Waals surface area contributed by atoms with Crippen LogP contribution in [0.1, 0.15) is 35.7 Å². The molecule has 3 atom stereocenters. The number of hydrogen-bond donors (Lipinski definition) is 1. The molecule has 2 aliphatic rings. The number of thiophene rings is 1. The fraction of sp³-hybridized carbons (Fsp3) is 0.385. The number of rotatable bonds is 4. The summed E-state index contributed by atoms with van der Waals surface area (Å²) in [6.45, 7) is 3.68. The van der Waals surface area contributed by atoms with Crippen LogP contribution in [0, 0.1) is 12.8 Å². The number of benzene rings is 2. The Balaban J connectivity index is 1.33. The summed E-state index contributed by atoms with van der Waals surface area (Å²) in [5.41, 5.74) is 2.88.